The number of hydrogen-bond acceptors (Lipinski definition) is 7. The third-order valence-electron chi connectivity index (χ3n) is 7.25. The van der Waals surface area contributed by atoms with Gasteiger partial charge in [0.1, 0.15) is 5.82 Å². The van der Waals surface area contributed by atoms with E-state index in [4.69, 9.17) is 0 Å². The molecule has 0 atom stereocenters. The van der Waals surface area contributed by atoms with Crippen molar-refractivity contribution in [2.45, 2.75) is 50.7 Å². The fourth-order valence-corrected chi connectivity index (χ4v) is 5.59. The van der Waals surface area contributed by atoms with Gasteiger partial charge in [0.25, 0.3) is 11.9 Å². The maximum Gasteiger partial charge on any atom is 0.416 e. The van der Waals surface area contributed by atoms with Crippen molar-refractivity contribution in [2.24, 2.45) is 0 Å². The van der Waals surface area contributed by atoms with Crippen LogP contribution in [0.2, 0.25) is 0 Å². The van der Waals surface area contributed by atoms with Gasteiger partial charge in [-0.25, -0.2) is 10.7 Å². The molecule has 1 aliphatic rings. The number of halogens is 4. The van der Waals surface area contributed by atoms with Crippen LogP contribution in [0.1, 0.15) is 65.1 Å². The monoisotopic (exact) mass is 687 g/mol. The maximum absolute atomic E-state index is 13.5. The molecule has 6 N–H and O–H groups in total. The number of carbonyl (C=O) groups is 1. The summed E-state index contributed by atoms with van der Waals surface area (Å²) in [6.45, 7) is 4.52. The lowest BCUT2D eigenvalue weighted by Gasteiger charge is -2.29. The van der Waals surface area contributed by atoms with E-state index in [0.29, 0.717) is 28.3 Å². The third kappa shape index (κ3) is 9.61. The van der Waals surface area contributed by atoms with Crippen LogP contribution in [0.15, 0.2) is 83.6 Å². The number of aromatic amines is 1. The lowest BCUT2D eigenvalue weighted by Crippen LogP contribution is -2.46. The highest BCUT2D eigenvalue weighted by molar-refractivity contribution is 9.10. The number of benzene rings is 3. The quantitative estimate of drug-likeness (QED) is 0.145. The van der Waals surface area contributed by atoms with Crippen LogP contribution in [0.4, 0.5) is 30.5 Å². The molecule has 1 amide bonds. The Labute approximate surface area is 267 Å². The zero-order valence-electron chi connectivity index (χ0n) is 24.7. The summed E-state index contributed by atoms with van der Waals surface area (Å²) in [7, 11) is 1.51. The Bertz CT molecular complexity index is 1540. The number of nitrogens with one attached hydrogen (secondary N) is 3. The van der Waals surface area contributed by atoms with Crippen molar-refractivity contribution >= 4 is 39.2 Å². The molecular formula is C31H35BrF3N8O2+. The lowest BCUT2D eigenvalue weighted by molar-refractivity contribution is -0.679. The van der Waals surface area contributed by atoms with Crippen LogP contribution in [-0.4, -0.2) is 33.6 Å². The number of carbonyl (C=O) groups excluding carboxylic acids is 1. The largest absolute Gasteiger partial charge is 0.416 e. The number of hydrogen-bond donors (Lipinski definition) is 4. The molecule has 1 aromatic heterocycles. The van der Waals surface area contributed by atoms with Gasteiger partial charge < -0.3 is 10.2 Å². The van der Waals surface area contributed by atoms with Gasteiger partial charge in [0.15, 0.2) is 0 Å². The van der Waals surface area contributed by atoms with E-state index in [9.17, 15) is 18.0 Å². The third-order valence-corrected chi connectivity index (χ3v) is 7.71. The summed E-state index contributed by atoms with van der Waals surface area (Å²) in [5, 5.41) is 18.7. The Hall–Kier alpha value is -4.27. The number of anilines is 3. The fraction of sp³-hybridized carbons (Fsp3) is 0.290. The first-order chi connectivity index (χ1) is 21.6. The second kappa shape index (κ2) is 15.6. The first-order valence-corrected chi connectivity index (χ1v) is 15.0. The van der Waals surface area contributed by atoms with E-state index in [-0.39, 0.29) is 17.5 Å². The van der Waals surface area contributed by atoms with Gasteiger partial charge in [0, 0.05) is 28.0 Å². The zero-order valence-corrected chi connectivity index (χ0v) is 26.3. The number of alkyl halides is 3. The molecule has 3 aromatic carbocycles. The summed E-state index contributed by atoms with van der Waals surface area (Å²) < 4.78 is 40.7. The number of amides is 1. The summed E-state index contributed by atoms with van der Waals surface area (Å²) in [6, 6.07) is 18.9. The molecule has 0 saturated heterocycles. The minimum Gasteiger partial charge on any atom is -0.342 e. The average Bonchev–Trinajstić information content (AvgIpc) is 3.53. The van der Waals surface area contributed by atoms with E-state index in [1.807, 2.05) is 29.2 Å². The average molecular weight is 689 g/mol. The second-order valence-corrected chi connectivity index (χ2v) is 11.4. The van der Waals surface area contributed by atoms with E-state index >= 15 is 0 Å². The highest BCUT2D eigenvalue weighted by Gasteiger charge is 2.31. The van der Waals surface area contributed by atoms with Gasteiger partial charge in [-0.15, -0.1) is 5.10 Å². The Balaban J connectivity index is 0.00000148. The molecule has 1 fully saturated rings. The highest BCUT2D eigenvalue weighted by Crippen LogP contribution is 2.36. The second-order valence-electron chi connectivity index (χ2n) is 10.5. The van der Waals surface area contributed by atoms with Crippen molar-refractivity contribution in [1.29, 1.82) is 0 Å². The molecule has 4 aromatic rings. The molecule has 1 aliphatic carbocycles. The van der Waals surface area contributed by atoms with Gasteiger partial charge in [-0.2, -0.15) is 18.4 Å². The number of aromatic nitrogens is 4. The van der Waals surface area contributed by atoms with Crippen molar-refractivity contribution in [1.82, 2.24) is 20.6 Å². The van der Waals surface area contributed by atoms with Crippen molar-refractivity contribution in [3.63, 3.8) is 0 Å². The molecule has 14 heteroatoms. The SMILES string of the molecule is C=C(Nc1cc(Br)cc(C(F)(F)F)c1)N(Cc1ccc(C(=O)Nc2nn[nH]n2)cc1)c1ccc(C2CCCCC2)cc1.CO[NH3+]. The number of rotatable bonds is 9. The van der Waals surface area contributed by atoms with Crippen molar-refractivity contribution < 1.29 is 28.7 Å². The molecule has 45 heavy (non-hydrogen) atoms. The number of quaternary nitrogens is 1. The van der Waals surface area contributed by atoms with Crippen LogP contribution in [0.25, 0.3) is 0 Å². The van der Waals surface area contributed by atoms with Crippen LogP contribution in [0.5, 0.6) is 0 Å². The van der Waals surface area contributed by atoms with Crippen LogP contribution in [0.3, 0.4) is 0 Å². The van der Waals surface area contributed by atoms with Gasteiger partial charge in [0.05, 0.1) is 12.7 Å². The van der Waals surface area contributed by atoms with E-state index in [1.54, 1.807) is 18.2 Å². The molecule has 0 spiro atoms. The van der Waals surface area contributed by atoms with E-state index < -0.39 is 11.7 Å². The fourth-order valence-electron chi connectivity index (χ4n) is 5.10. The maximum atomic E-state index is 13.5. The molecule has 1 heterocycles. The molecule has 0 radical (unpaired) electrons. The Kier molecular flexibility index (Phi) is 11.7. The minimum atomic E-state index is -4.49. The minimum absolute atomic E-state index is 0.0653. The predicted octanol–water partition coefficient (Wildman–Crippen LogP) is 6.66. The predicted molar refractivity (Wildman–Crippen MR) is 169 cm³/mol. The first-order valence-electron chi connectivity index (χ1n) is 14.2. The first kappa shape index (κ1) is 33.6. The van der Waals surface area contributed by atoms with Gasteiger partial charge >= 0.3 is 6.18 Å². The van der Waals surface area contributed by atoms with Crippen LogP contribution in [-0.2, 0) is 17.6 Å². The number of H-pyrrole nitrogens is 1. The number of tetrazole rings is 1. The Morgan fingerprint density at radius 2 is 1.73 bits per heavy atom. The molecule has 0 bridgehead atoms. The topological polar surface area (TPSA) is 136 Å². The van der Waals surface area contributed by atoms with Gasteiger partial charge in [-0.3, -0.25) is 10.1 Å². The smallest absolute Gasteiger partial charge is 0.342 e. The Morgan fingerprint density at radius 1 is 1.07 bits per heavy atom. The summed E-state index contributed by atoms with van der Waals surface area (Å²) >= 11 is 3.18. The zero-order chi connectivity index (χ0) is 32.4. The Morgan fingerprint density at radius 3 is 2.33 bits per heavy atom. The summed E-state index contributed by atoms with van der Waals surface area (Å²) in [5.41, 5.74) is 2.85. The van der Waals surface area contributed by atoms with Crippen LogP contribution >= 0.6 is 15.9 Å². The molecule has 5 rings (SSSR count). The normalized spacial score (nSPS) is 13.4. The molecule has 238 valence electrons. The van der Waals surface area contributed by atoms with Gasteiger partial charge in [-0.05, 0) is 77.6 Å². The molecule has 10 nitrogen and oxygen atoms in total. The van der Waals surface area contributed by atoms with Crippen molar-refractivity contribution in [3.05, 3.63) is 106 Å². The van der Waals surface area contributed by atoms with Crippen LogP contribution < -0.4 is 21.4 Å². The molecule has 0 aliphatic heterocycles. The van der Waals surface area contributed by atoms with Crippen molar-refractivity contribution in [2.75, 3.05) is 22.6 Å². The highest BCUT2D eigenvalue weighted by atomic mass is 79.9. The number of nitrogens with zero attached hydrogens (tertiary/aromatic N) is 4. The van der Waals surface area contributed by atoms with Crippen LogP contribution in [0, 0.1) is 0 Å². The van der Waals surface area contributed by atoms with E-state index in [0.717, 1.165) is 23.4 Å². The summed E-state index contributed by atoms with van der Waals surface area (Å²) in [5.74, 6) is 3.59. The standard InChI is InChI=1S/C30H29BrF3N7O.CH6NO/c1-19(35-26-16-24(30(32,33)34)15-25(31)17-26)41(27-13-11-22(12-14-27)21-5-3-2-4-6-21)18-20-7-9-23(10-8-20)28(42)36-29-37-39-40-38-29;1-3-2/h7-17,21,35H,1-6,18H2,(H2,36,37,38,39,40,42);1-2H3/q;+1. The lowest BCUT2D eigenvalue weighted by atomic mass is 9.84. The van der Waals surface area contributed by atoms with Gasteiger partial charge in [0.2, 0.25) is 0 Å². The summed E-state index contributed by atoms with van der Waals surface area (Å²) in [6.07, 6.45) is 1.59. The molecule has 1 saturated carbocycles. The van der Waals surface area contributed by atoms with Crippen molar-refractivity contribution in [3.8, 4) is 0 Å². The van der Waals surface area contributed by atoms with E-state index in [2.05, 4.69) is 76.6 Å². The molecule has 0 unspecified atom stereocenters. The van der Waals surface area contributed by atoms with Gasteiger partial charge in [-0.1, -0.05) is 71.1 Å². The summed E-state index contributed by atoms with van der Waals surface area (Å²) in [4.78, 5) is 18.4. The molecular weight excluding hydrogens is 653 g/mol. The van der Waals surface area contributed by atoms with E-state index in [1.165, 1.54) is 44.8 Å².